The molecule has 1 N–H and O–H groups in total. The molecule has 104 valence electrons. The molecular weight excluding hydrogens is 274 g/mol. The van der Waals surface area contributed by atoms with Crippen molar-refractivity contribution in [2.45, 2.75) is 0 Å². The molecule has 1 amide bonds. The van der Waals surface area contributed by atoms with Crippen molar-refractivity contribution in [2.24, 2.45) is 0 Å². The van der Waals surface area contributed by atoms with Gasteiger partial charge in [0.15, 0.2) is 11.6 Å². The van der Waals surface area contributed by atoms with E-state index in [2.05, 4.69) is 10.3 Å². The zero-order valence-corrected chi connectivity index (χ0v) is 10.8. The van der Waals surface area contributed by atoms with E-state index in [0.29, 0.717) is 11.2 Å². The van der Waals surface area contributed by atoms with E-state index in [9.17, 15) is 13.6 Å². The van der Waals surface area contributed by atoms with Gasteiger partial charge in [-0.05, 0) is 30.3 Å². The van der Waals surface area contributed by atoms with Crippen LogP contribution in [-0.2, 0) is 0 Å². The molecule has 1 aromatic heterocycles. The fourth-order valence-electron chi connectivity index (χ4n) is 2.04. The third-order valence-corrected chi connectivity index (χ3v) is 3.06. The Hall–Kier alpha value is -2.82. The number of para-hydroxylation sites is 1. The summed E-state index contributed by atoms with van der Waals surface area (Å²) in [5.74, 6) is -2.57. The molecule has 0 unspecified atom stereocenters. The summed E-state index contributed by atoms with van der Waals surface area (Å²) in [6, 6.07) is 12.0. The van der Waals surface area contributed by atoms with Crippen LogP contribution in [0.3, 0.4) is 0 Å². The highest BCUT2D eigenvalue weighted by atomic mass is 19.2. The first-order chi connectivity index (χ1) is 10.1. The number of carbonyl (C=O) groups is 1. The van der Waals surface area contributed by atoms with Gasteiger partial charge in [-0.25, -0.2) is 8.78 Å². The molecule has 0 aliphatic heterocycles. The van der Waals surface area contributed by atoms with Crippen molar-refractivity contribution >= 4 is 22.5 Å². The largest absolute Gasteiger partial charge is 0.320 e. The predicted octanol–water partition coefficient (Wildman–Crippen LogP) is 3.77. The molecule has 0 saturated carbocycles. The van der Waals surface area contributed by atoms with E-state index in [0.717, 1.165) is 17.5 Å². The van der Waals surface area contributed by atoms with Gasteiger partial charge in [0.25, 0.3) is 5.91 Å². The second kappa shape index (κ2) is 5.28. The molecule has 0 radical (unpaired) electrons. The number of nitrogens with one attached hydrogen (secondary N) is 1. The predicted molar refractivity (Wildman–Crippen MR) is 76.1 cm³/mol. The van der Waals surface area contributed by atoms with Gasteiger partial charge < -0.3 is 5.32 Å². The highest BCUT2D eigenvalue weighted by molar-refractivity contribution is 6.08. The number of carbonyl (C=O) groups excluding carboxylic acids is 1. The van der Waals surface area contributed by atoms with E-state index in [4.69, 9.17) is 0 Å². The van der Waals surface area contributed by atoms with Crippen molar-refractivity contribution in [3.05, 3.63) is 71.9 Å². The fourth-order valence-corrected chi connectivity index (χ4v) is 2.04. The van der Waals surface area contributed by atoms with Gasteiger partial charge in [0.1, 0.15) is 0 Å². The van der Waals surface area contributed by atoms with Crippen LogP contribution < -0.4 is 5.32 Å². The standard InChI is InChI=1S/C16H10F2N2O/c17-12-7-6-11(9-13(12)18)16(21)20-14-5-1-3-10-4-2-8-19-15(10)14/h1-9H,(H,20,21). The number of amides is 1. The first kappa shape index (κ1) is 13.2. The molecule has 0 fully saturated rings. The fraction of sp³-hybridized carbons (Fsp3) is 0. The Labute approximate surface area is 119 Å². The summed E-state index contributed by atoms with van der Waals surface area (Å²) in [6.07, 6.45) is 1.62. The van der Waals surface area contributed by atoms with E-state index in [1.165, 1.54) is 6.07 Å². The smallest absolute Gasteiger partial charge is 0.255 e. The monoisotopic (exact) mass is 284 g/mol. The summed E-state index contributed by atoms with van der Waals surface area (Å²) in [7, 11) is 0. The maximum absolute atomic E-state index is 13.2. The molecule has 0 saturated heterocycles. The SMILES string of the molecule is O=C(Nc1cccc2cccnc12)c1ccc(F)c(F)c1. The maximum atomic E-state index is 13.2. The van der Waals surface area contributed by atoms with Crippen molar-refractivity contribution in [3.8, 4) is 0 Å². The molecule has 3 aromatic rings. The van der Waals surface area contributed by atoms with Crippen LogP contribution in [0.1, 0.15) is 10.4 Å². The van der Waals surface area contributed by atoms with Crippen molar-refractivity contribution in [1.82, 2.24) is 4.98 Å². The number of nitrogens with zero attached hydrogens (tertiary/aromatic N) is 1. The molecule has 0 bridgehead atoms. The van der Waals surface area contributed by atoms with Crippen LogP contribution in [-0.4, -0.2) is 10.9 Å². The van der Waals surface area contributed by atoms with Crippen LogP contribution in [0.2, 0.25) is 0 Å². The third-order valence-electron chi connectivity index (χ3n) is 3.06. The van der Waals surface area contributed by atoms with E-state index in [1.54, 1.807) is 24.4 Å². The Morgan fingerprint density at radius 3 is 2.62 bits per heavy atom. The lowest BCUT2D eigenvalue weighted by Gasteiger charge is -2.08. The molecule has 5 heteroatoms. The average molecular weight is 284 g/mol. The van der Waals surface area contributed by atoms with Crippen LogP contribution in [0.25, 0.3) is 10.9 Å². The van der Waals surface area contributed by atoms with E-state index in [1.807, 2.05) is 12.1 Å². The Kier molecular flexibility index (Phi) is 3.31. The minimum absolute atomic E-state index is 0.0434. The molecule has 3 rings (SSSR count). The minimum atomic E-state index is -1.06. The Balaban J connectivity index is 1.94. The number of pyridine rings is 1. The molecule has 0 atom stereocenters. The lowest BCUT2D eigenvalue weighted by Crippen LogP contribution is -2.13. The topological polar surface area (TPSA) is 42.0 Å². The number of aromatic nitrogens is 1. The summed E-state index contributed by atoms with van der Waals surface area (Å²) in [6.45, 7) is 0. The number of hydrogen-bond acceptors (Lipinski definition) is 2. The zero-order valence-electron chi connectivity index (χ0n) is 10.8. The first-order valence-electron chi connectivity index (χ1n) is 6.25. The van der Waals surface area contributed by atoms with Crippen LogP contribution in [0.15, 0.2) is 54.7 Å². The Morgan fingerprint density at radius 2 is 1.81 bits per heavy atom. The summed E-state index contributed by atoms with van der Waals surface area (Å²) in [5, 5.41) is 3.53. The highest BCUT2D eigenvalue weighted by Crippen LogP contribution is 2.21. The number of anilines is 1. The number of benzene rings is 2. The van der Waals surface area contributed by atoms with Gasteiger partial charge in [0, 0.05) is 17.1 Å². The normalized spacial score (nSPS) is 10.6. The second-order valence-electron chi connectivity index (χ2n) is 4.46. The van der Waals surface area contributed by atoms with Gasteiger partial charge in [-0.2, -0.15) is 0 Å². The number of fused-ring (bicyclic) bond motifs is 1. The summed E-state index contributed by atoms with van der Waals surface area (Å²) in [5.41, 5.74) is 1.20. The first-order valence-corrected chi connectivity index (χ1v) is 6.25. The molecule has 21 heavy (non-hydrogen) atoms. The quantitative estimate of drug-likeness (QED) is 0.778. The minimum Gasteiger partial charge on any atom is -0.320 e. The number of hydrogen-bond donors (Lipinski definition) is 1. The van der Waals surface area contributed by atoms with Gasteiger partial charge in [-0.15, -0.1) is 0 Å². The number of rotatable bonds is 2. The number of halogens is 2. The molecule has 0 spiro atoms. The van der Waals surface area contributed by atoms with Crippen molar-refractivity contribution < 1.29 is 13.6 Å². The van der Waals surface area contributed by atoms with Gasteiger partial charge >= 0.3 is 0 Å². The van der Waals surface area contributed by atoms with Gasteiger partial charge in [0.05, 0.1) is 11.2 Å². The molecule has 0 aliphatic carbocycles. The molecule has 2 aromatic carbocycles. The molecule has 1 heterocycles. The second-order valence-corrected chi connectivity index (χ2v) is 4.46. The zero-order chi connectivity index (χ0) is 14.8. The lowest BCUT2D eigenvalue weighted by atomic mass is 10.1. The van der Waals surface area contributed by atoms with Crippen molar-refractivity contribution in [2.75, 3.05) is 5.32 Å². The van der Waals surface area contributed by atoms with Gasteiger partial charge in [-0.3, -0.25) is 9.78 Å². The van der Waals surface area contributed by atoms with Crippen molar-refractivity contribution in [3.63, 3.8) is 0 Å². The van der Waals surface area contributed by atoms with Gasteiger partial charge in [0.2, 0.25) is 0 Å². The highest BCUT2D eigenvalue weighted by Gasteiger charge is 2.11. The van der Waals surface area contributed by atoms with Crippen LogP contribution in [0, 0.1) is 11.6 Å². The van der Waals surface area contributed by atoms with Crippen molar-refractivity contribution in [1.29, 1.82) is 0 Å². The van der Waals surface area contributed by atoms with Crippen LogP contribution in [0.4, 0.5) is 14.5 Å². The summed E-state index contributed by atoms with van der Waals surface area (Å²) in [4.78, 5) is 16.3. The molecule has 0 aliphatic rings. The Bertz CT molecular complexity index is 828. The summed E-state index contributed by atoms with van der Waals surface area (Å²) >= 11 is 0. The lowest BCUT2D eigenvalue weighted by molar-refractivity contribution is 0.102. The Morgan fingerprint density at radius 1 is 1.00 bits per heavy atom. The molecule has 3 nitrogen and oxygen atoms in total. The van der Waals surface area contributed by atoms with Crippen LogP contribution in [0.5, 0.6) is 0 Å². The van der Waals surface area contributed by atoms with Gasteiger partial charge in [-0.1, -0.05) is 18.2 Å². The van der Waals surface area contributed by atoms with Crippen LogP contribution >= 0.6 is 0 Å². The maximum Gasteiger partial charge on any atom is 0.255 e. The summed E-state index contributed by atoms with van der Waals surface area (Å²) < 4.78 is 26.0. The average Bonchev–Trinajstić information content (AvgIpc) is 2.50. The van der Waals surface area contributed by atoms with E-state index < -0.39 is 17.5 Å². The third kappa shape index (κ3) is 2.58. The molecular formula is C16H10F2N2O. The van der Waals surface area contributed by atoms with E-state index in [-0.39, 0.29) is 5.56 Å². The van der Waals surface area contributed by atoms with E-state index >= 15 is 0 Å².